The average Bonchev–Trinajstić information content (AvgIpc) is 2.40. The molecule has 0 saturated carbocycles. The van der Waals surface area contributed by atoms with E-state index in [0.717, 1.165) is 0 Å². The third kappa shape index (κ3) is 2.98. The van der Waals surface area contributed by atoms with Crippen molar-refractivity contribution in [2.45, 2.75) is 26.4 Å². The van der Waals surface area contributed by atoms with Gasteiger partial charge in [0.15, 0.2) is 5.82 Å². The summed E-state index contributed by atoms with van der Waals surface area (Å²) in [6.07, 6.45) is 3.27. The summed E-state index contributed by atoms with van der Waals surface area (Å²) in [5.74, 6) is 0.217. The highest BCUT2D eigenvalue weighted by molar-refractivity contribution is 5.83. The molecule has 110 valence electrons. The molecule has 1 aromatic rings. The van der Waals surface area contributed by atoms with Crippen molar-refractivity contribution in [3.8, 4) is 0 Å². The Balaban J connectivity index is 2.36. The molecule has 1 fully saturated rings. The number of carbonyl (C=O) groups is 1. The zero-order valence-corrected chi connectivity index (χ0v) is 11.9. The van der Waals surface area contributed by atoms with Gasteiger partial charge in [-0.15, -0.1) is 0 Å². The zero-order chi connectivity index (χ0) is 14.7. The molecule has 2 heterocycles. The SMILES string of the molecule is CC(C)Cn1ccnc(N2CCNCC2C(N)=O)c1=O. The topological polar surface area (TPSA) is 93.2 Å². The van der Waals surface area contributed by atoms with Gasteiger partial charge in [0.25, 0.3) is 5.56 Å². The van der Waals surface area contributed by atoms with Crippen LogP contribution in [0.2, 0.25) is 0 Å². The van der Waals surface area contributed by atoms with E-state index in [2.05, 4.69) is 10.3 Å². The van der Waals surface area contributed by atoms with E-state index in [1.165, 1.54) is 0 Å². The van der Waals surface area contributed by atoms with Gasteiger partial charge in [-0.1, -0.05) is 13.8 Å². The zero-order valence-electron chi connectivity index (χ0n) is 11.9. The molecule has 7 heteroatoms. The first-order valence-electron chi connectivity index (χ1n) is 6.83. The number of nitrogens with one attached hydrogen (secondary N) is 1. The molecular weight excluding hydrogens is 258 g/mol. The molecule has 3 N–H and O–H groups in total. The fourth-order valence-corrected chi connectivity index (χ4v) is 2.38. The fourth-order valence-electron chi connectivity index (χ4n) is 2.38. The molecule has 0 aromatic carbocycles. The number of nitrogens with two attached hydrogens (primary N) is 1. The molecule has 1 aliphatic heterocycles. The van der Waals surface area contributed by atoms with Crippen molar-refractivity contribution in [3.63, 3.8) is 0 Å². The Hall–Kier alpha value is -1.89. The van der Waals surface area contributed by atoms with Gasteiger partial charge in [0.2, 0.25) is 5.91 Å². The summed E-state index contributed by atoms with van der Waals surface area (Å²) in [5, 5.41) is 3.10. The molecular formula is C13H21N5O2. The van der Waals surface area contributed by atoms with Gasteiger partial charge in [0.1, 0.15) is 6.04 Å². The van der Waals surface area contributed by atoms with Crippen molar-refractivity contribution in [2.24, 2.45) is 11.7 Å². The first-order chi connectivity index (χ1) is 9.50. The summed E-state index contributed by atoms with van der Waals surface area (Å²) in [7, 11) is 0. The Labute approximate surface area is 117 Å². The monoisotopic (exact) mass is 279 g/mol. The van der Waals surface area contributed by atoms with E-state index in [1.54, 1.807) is 21.9 Å². The smallest absolute Gasteiger partial charge is 0.293 e. The first-order valence-corrected chi connectivity index (χ1v) is 6.83. The minimum atomic E-state index is -0.529. The number of carbonyl (C=O) groups excluding carboxylic acids is 1. The van der Waals surface area contributed by atoms with Crippen LogP contribution in [0.15, 0.2) is 17.2 Å². The Bertz CT molecular complexity index is 540. The highest BCUT2D eigenvalue weighted by Gasteiger charge is 2.29. The number of aromatic nitrogens is 2. The standard InChI is InChI=1S/C13H21N5O2/c1-9(2)8-17-5-4-16-12(13(17)20)18-6-3-15-7-10(18)11(14)19/h4-5,9-10,15H,3,6-8H2,1-2H3,(H2,14,19). The molecule has 0 spiro atoms. The maximum Gasteiger partial charge on any atom is 0.293 e. The predicted molar refractivity (Wildman–Crippen MR) is 76.5 cm³/mol. The third-order valence-electron chi connectivity index (χ3n) is 3.30. The second-order valence-electron chi connectivity index (χ2n) is 5.42. The summed E-state index contributed by atoms with van der Waals surface area (Å²) < 4.78 is 1.63. The lowest BCUT2D eigenvalue weighted by molar-refractivity contribution is -0.119. The van der Waals surface area contributed by atoms with Gasteiger partial charge in [-0.2, -0.15) is 0 Å². The molecule has 7 nitrogen and oxygen atoms in total. The molecule has 1 aliphatic rings. The van der Waals surface area contributed by atoms with Crippen molar-refractivity contribution in [2.75, 3.05) is 24.5 Å². The van der Waals surface area contributed by atoms with Crippen LogP contribution in [0.1, 0.15) is 13.8 Å². The van der Waals surface area contributed by atoms with Crippen LogP contribution in [0.4, 0.5) is 5.82 Å². The van der Waals surface area contributed by atoms with Crippen molar-refractivity contribution >= 4 is 11.7 Å². The van der Waals surface area contributed by atoms with Crippen molar-refractivity contribution in [3.05, 3.63) is 22.7 Å². The van der Waals surface area contributed by atoms with Crippen LogP contribution in [0.25, 0.3) is 0 Å². The lowest BCUT2D eigenvalue weighted by Crippen LogP contribution is -2.58. The van der Waals surface area contributed by atoms with Gasteiger partial charge in [0.05, 0.1) is 0 Å². The van der Waals surface area contributed by atoms with Crippen LogP contribution in [0.3, 0.4) is 0 Å². The largest absolute Gasteiger partial charge is 0.368 e. The third-order valence-corrected chi connectivity index (χ3v) is 3.30. The normalized spacial score (nSPS) is 19.4. The molecule has 0 radical (unpaired) electrons. The second kappa shape index (κ2) is 6.04. The van der Waals surface area contributed by atoms with Crippen molar-refractivity contribution in [1.82, 2.24) is 14.9 Å². The Morgan fingerprint density at radius 2 is 2.35 bits per heavy atom. The molecule has 2 rings (SSSR count). The van der Waals surface area contributed by atoms with Gasteiger partial charge in [0, 0.05) is 38.6 Å². The molecule has 1 saturated heterocycles. The summed E-state index contributed by atoms with van der Waals surface area (Å²) in [5.41, 5.74) is 5.23. The lowest BCUT2D eigenvalue weighted by Gasteiger charge is -2.34. The molecule has 0 bridgehead atoms. The Morgan fingerprint density at radius 3 is 3.00 bits per heavy atom. The van der Waals surface area contributed by atoms with Crippen LogP contribution >= 0.6 is 0 Å². The van der Waals surface area contributed by atoms with E-state index in [9.17, 15) is 9.59 Å². The van der Waals surface area contributed by atoms with Crippen molar-refractivity contribution in [1.29, 1.82) is 0 Å². The average molecular weight is 279 g/mol. The number of hydrogen-bond acceptors (Lipinski definition) is 5. The highest BCUT2D eigenvalue weighted by Crippen LogP contribution is 2.11. The Morgan fingerprint density at radius 1 is 1.60 bits per heavy atom. The van der Waals surface area contributed by atoms with Gasteiger partial charge >= 0.3 is 0 Å². The van der Waals surface area contributed by atoms with Gasteiger partial charge in [-0.3, -0.25) is 9.59 Å². The van der Waals surface area contributed by atoms with Crippen molar-refractivity contribution < 1.29 is 4.79 Å². The summed E-state index contributed by atoms with van der Waals surface area (Å²) >= 11 is 0. The van der Waals surface area contributed by atoms with E-state index in [-0.39, 0.29) is 5.56 Å². The van der Waals surface area contributed by atoms with Crippen LogP contribution in [-0.2, 0) is 11.3 Å². The van der Waals surface area contributed by atoms with Crippen LogP contribution in [0, 0.1) is 5.92 Å². The second-order valence-corrected chi connectivity index (χ2v) is 5.42. The van der Waals surface area contributed by atoms with Gasteiger partial charge in [-0.25, -0.2) is 4.98 Å². The quantitative estimate of drug-likeness (QED) is 0.750. The number of rotatable bonds is 4. The summed E-state index contributed by atoms with van der Waals surface area (Å²) in [4.78, 5) is 29.8. The molecule has 1 atom stereocenters. The van der Waals surface area contributed by atoms with E-state index >= 15 is 0 Å². The number of primary amides is 1. The van der Waals surface area contributed by atoms with E-state index < -0.39 is 11.9 Å². The molecule has 1 aromatic heterocycles. The summed E-state index contributed by atoms with van der Waals surface area (Å²) in [6, 6.07) is -0.529. The number of anilines is 1. The molecule has 1 amide bonds. The molecule has 20 heavy (non-hydrogen) atoms. The lowest BCUT2D eigenvalue weighted by atomic mass is 10.2. The van der Waals surface area contributed by atoms with Gasteiger partial charge in [-0.05, 0) is 5.92 Å². The number of hydrogen-bond donors (Lipinski definition) is 2. The highest BCUT2D eigenvalue weighted by atomic mass is 16.2. The molecule has 0 aliphatic carbocycles. The number of piperazine rings is 1. The van der Waals surface area contributed by atoms with Crippen LogP contribution in [0.5, 0.6) is 0 Å². The maximum absolute atomic E-state index is 12.5. The van der Waals surface area contributed by atoms with E-state index in [0.29, 0.717) is 37.9 Å². The van der Waals surface area contributed by atoms with Crippen LogP contribution < -0.4 is 21.5 Å². The van der Waals surface area contributed by atoms with Crippen LogP contribution in [-0.4, -0.2) is 41.1 Å². The Kier molecular flexibility index (Phi) is 4.39. The summed E-state index contributed by atoms with van der Waals surface area (Å²) in [6.45, 7) is 6.40. The maximum atomic E-state index is 12.5. The minimum absolute atomic E-state index is 0.172. The van der Waals surface area contributed by atoms with E-state index in [1.807, 2.05) is 13.8 Å². The fraction of sp³-hybridized carbons (Fsp3) is 0.615. The van der Waals surface area contributed by atoms with Gasteiger partial charge < -0.3 is 20.5 Å². The molecule has 1 unspecified atom stereocenters. The van der Waals surface area contributed by atoms with E-state index in [4.69, 9.17) is 5.73 Å². The first kappa shape index (κ1) is 14.5. The number of amides is 1. The minimum Gasteiger partial charge on any atom is -0.368 e. The predicted octanol–water partition coefficient (Wildman–Crippen LogP) is -0.837. The number of nitrogens with zero attached hydrogens (tertiary/aromatic N) is 3.